The molecule has 1 aromatic carbocycles. The van der Waals surface area contributed by atoms with Crippen LogP contribution in [0.2, 0.25) is 0 Å². The summed E-state index contributed by atoms with van der Waals surface area (Å²) < 4.78 is 68.7. The Morgan fingerprint density at radius 2 is 1.79 bits per heavy atom. The standard InChI is InChI=1S/C24H26F3N5O5S/c1-38(35,36)19-7-14(6-18(9-19)24(25,26)27)13-37-23(34)32-10-16-4-5-31(11-17(16)12-32)22(33)15-2-3-20-21(8-15)29-30-28-20/h2,6-7,9,16-17H,3-5,8,10-13H2,1H3,(H,28,29,30). The van der Waals surface area contributed by atoms with Crippen LogP contribution in [-0.2, 0) is 45.0 Å². The molecule has 3 aliphatic rings. The topological polar surface area (TPSA) is 126 Å². The molecule has 2 fully saturated rings. The van der Waals surface area contributed by atoms with Crippen molar-refractivity contribution in [3.8, 4) is 0 Å². The first-order chi connectivity index (χ1) is 17.9. The number of carbonyl (C=O) groups is 2. The van der Waals surface area contributed by atoms with E-state index < -0.39 is 39.2 Å². The summed E-state index contributed by atoms with van der Waals surface area (Å²) in [5, 5.41) is 10.7. The number of H-pyrrole nitrogens is 1. The zero-order valence-electron chi connectivity index (χ0n) is 20.5. The molecule has 2 aliphatic heterocycles. The number of rotatable bonds is 4. The lowest BCUT2D eigenvalue weighted by molar-refractivity contribution is -0.137. The van der Waals surface area contributed by atoms with Gasteiger partial charge in [-0.15, -0.1) is 0 Å². The Balaban J connectivity index is 1.19. The van der Waals surface area contributed by atoms with Gasteiger partial charge in [0, 0.05) is 50.8 Å². The first-order valence-electron chi connectivity index (χ1n) is 12.1. The molecule has 3 heterocycles. The number of nitrogens with one attached hydrogen (secondary N) is 1. The molecule has 2 amide bonds. The molecule has 2 saturated heterocycles. The van der Waals surface area contributed by atoms with Crippen molar-refractivity contribution < 1.29 is 35.9 Å². The smallest absolute Gasteiger partial charge is 0.416 e. The molecule has 1 aliphatic carbocycles. The molecule has 1 N–H and O–H groups in total. The summed E-state index contributed by atoms with van der Waals surface area (Å²) in [5.74, 6) is 0.182. The van der Waals surface area contributed by atoms with E-state index >= 15 is 0 Å². The summed E-state index contributed by atoms with van der Waals surface area (Å²) in [7, 11) is -3.90. The lowest BCUT2D eigenvalue weighted by Gasteiger charge is -2.35. The average Bonchev–Trinajstić information content (AvgIpc) is 3.51. The quantitative estimate of drug-likeness (QED) is 0.616. The van der Waals surface area contributed by atoms with Gasteiger partial charge < -0.3 is 14.5 Å². The molecule has 2 aromatic rings. The zero-order valence-corrected chi connectivity index (χ0v) is 21.3. The highest BCUT2D eigenvalue weighted by Gasteiger charge is 2.41. The second-order valence-electron chi connectivity index (χ2n) is 9.98. The van der Waals surface area contributed by atoms with Gasteiger partial charge in [0.25, 0.3) is 0 Å². The van der Waals surface area contributed by atoms with E-state index in [1.54, 1.807) is 4.90 Å². The fourth-order valence-corrected chi connectivity index (χ4v) is 5.99. The number of aromatic nitrogens is 3. The minimum Gasteiger partial charge on any atom is -0.445 e. The van der Waals surface area contributed by atoms with Crippen LogP contribution in [0.3, 0.4) is 0 Å². The Morgan fingerprint density at radius 3 is 2.53 bits per heavy atom. The van der Waals surface area contributed by atoms with Gasteiger partial charge >= 0.3 is 12.3 Å². The third-order valence-corrected chi connectivity index (χ3v) is 8.40. The summed E-state index contributed by atoms with van der Waals surface area (Å²) >= 11 is 0. The maximum Gasteiger partial charge on any atom is 0.416 e. The number of amides is 2. The normalized spacial score (nSPS) is 21.5. The summed E-state index contributed by atoms with van der Waals surface area (Å²) in [6.07, 6.45) is -1.07. The largest absolute Gasteiger partial charge is 0.445 e. The number of aromatic amines is 1. The summed E-state index contributed by atoms with van der Waals surface area (Å²) in [6.45, 7) is 1.33. The molecule has 10 nitrogen and oxygen atoms in total. The third-order valence-electron chi connectivity index (χ3n) is 7.31. The number of likely N-dealkylation sites (tertiary alicyclic amines) is 2. The Bertz CT molecular complexity index is 1400. The molecule has 0 saturated carbocycles. The van der Waals surface area contributed by atoms with E-state index in [0.29, 0.717) is 57.1 Å². The van der Waals surface area contributed by atoms with Crippen LogP contribution < -0.4 is 0 Å². The van der Waals surface area contributed by atoms with Crippen molar-refractivity contribution in [3.63, 3.8) is 0 Å². The van der Waals surface area contributed by atoms with Crippen molar-refractivity contribution in [3.05, 3.63) is 52.4 Å². The lowest BCUT2D eigenvalue weighted by Crippen LogP contribution is -2.44. The maximum atomic E-state index is 13.3. The first kappa shape index (κ1) is 26.2. The maximum absolute atomic E-state index is 13.3. The number of hydrogen-bond donors (Lipinski definition) is 1. The number of halogens is 3. The van der Waals surface area contributed by atoms with Crippen LogP contribution in [0.25, 0.3) is 0 Å². The van der Waals surface area contributed by atoms with Crippen LogP contribution in [0.1, 0.15) is 28.9 Å². The van der Waals surface area contributed by atoms with Gasteiger partial charge in [0.1, 0.15) is 6.61 Å². The van der Waals surface area contributed by atoms with E-state index in [4.69, 9.17) is 4.74 Å². The number of carbonyl (C=O) groups excluding carboxylic acids is 2. The predicted molar refractivity (Wildman–Crippen MR) is 126 cm³/mol. The van der Waals surface area contributed by atoms with E-state index in [9.17, 15) is 31.2 Å². The number of piperidine rings is 1. The van der Waals surface area contributed by atoms with Gasteiger partial charge in [-0.1, -0.05) is 6.08 Å². The predicted octanol–water partition coefficient (Wildman–Crippen LogP) is 2.37. The van der Waals surface area contributed by atoms with E-state index in [1.807, 2.05) is 6.08 Å². The Kier molecular flexibility index (Phi) is 6.70. The highest BCUT2D eigenvalue weighted by molar-refractivity contribution is 7.90. The number of alkyl halides is 3. The molecular formula is C24H26F3N5O5S. The molecule has 204 valence electrons. The van der Waals surface area contributed by atoms with Gasteiger partial charge in [0.05, 0.1) is 21.8 Å². The number of sulfone groups is 1. The van der Waals surface area contributed by atoms with E-state index in [1.165, 1.54) is 4.90 Å². The molecule has 2 atom stereocenters. The molecule has 0 spiro atoms. The van der Waals surface area contributed by atoms with Crippen molar-refractivity contribution in [1.29, 1.82) is 0 Å². The minimum absolute atomic E-state index is 0.0515. The number of allylic oxidation sites excluding steroid dienone is 1. The van der Waals surface area contributed by atoms with Crippen LogP contribution in [0.15, 0.2) is 34.7 Å². The van der Waals surface area contributed by atoms with Gasteiger partial charge in [-0.25, -0.2) is 13.2 Å². The molecule has 0 bridgehead atoms. The second kappa shape index (κ2) is 9.71. The molecule has 5 rings (SSSR count). The Morgan fingerprint density at radius 1 is 1.08 bits per heavy atom. The van der Waals surface area contributed by atoms with Crippen molar-refractivity contribution in [2.45, 2.75) is 36.9 Å². The van der Waals surface area contributed by atoms with Crippen LogP contribution in [-0.4, -0.2) is 78.1 Å². The fourth-order valence-electron chi connectivity index (χ4n) is 5.28. The number of ether oxygens (including phenoxy) is 1. The van der Waals surface area contributed by atoms with Crippen LogP contribution in [0.5, 0.6) is 0 Å². The van der Waals surface area contributed by atoms with Crippen molar-refractivity contribution in [2.75, 3.05) is 32.4 Å². The highest BCUT2D eigenvalue weighted by Crippen LogP contribution is 2.34. The highest BCUT2D eigenvalue weighted by atomic mass is 32.2. The zero-order chi connectivity index (χ0) is 27.2. The molecule has 2 unspecified atom stereocenters. The number of nitrogens with zero attached hydrogens (tertiary/aromatic N) is 4. The molecule has 14 heteroatoms. The van der Waals surface area contributed by atoms with Crippen molar-refractivity contribution in [1.82, 2.24) is 25.2 Å². The summed E-state index contributed by atoms with van der Waals surface area (Å²) in [4.78, 5) is 28.6. The minimum atomic E-state index is -4.75. The fraction of sp³-hybridized carbons (Fsp3) is 0.500. The van der Waals surface area contributed by atoms with E-state index in [-0.39, 0.29) is 23.3 Å². The Labute approximate surface area is 216 Å². The molecule has 38 heavy (non-hydrogen) atoms. The number of fused-ring (bicyclic) bond motifs is 2. The van der Waals surface area contributed by atoms with E-state index in [0.717, 1.165) is 29.8 Å². The van der Waals surface area contributed by atoms with Gasteiger partial charge in [0.2, 0.25) is 5.91 Å². The summed E-state index contributed by atoms with van der Waals surface area (Å²) in [5.41, 5.74) is 1.08. The molecule has 0 radical (unpaired) electrons. The van der Waals surface area contributed by atoms with Crippen LogP contribution in [0, 0.1) is 11.8 Å². The number of hydrogen-bond acceptors (Lipinski definition) is 7. The third kappa shape index (κ3) is 5.40. The second-order valence-corrected chi connectivity index (χ2v) is 12.0. The van der Waals surface area contributed by atoms with E-state index in [2.05, 4.69) is 15.4 Å². The number of benzene rings is 1. The van der Waals surface area contributed by atoms with Crippen molar-refractivity contribution >= 4 is 21.8 Å². The van der Waals surface area contributed by atoms with Crippen molar-refractivity contribution in [2.24, 2.45) is 11.8 Å². The van der Waals surface area contributed by atoms with Gasteiger partial charge in [-0.05, 0) is 42.0 Å². The monoisotopic (exact) mass is 553 g/mol. The molecular weight excluding hydrogens is 527 g/mol. The van der Waals surface area contributed by atoms with Gasteiger partial charge in [-0.3, -0.25) is 4.79 Å². The van der Waals surface area contributed by atoms with Gasteiger partial charge in [0.15, 0.2) is 9.84 Å². The SMILES string of the molecule is CS(=O)(=O)c1cc(COC(=O)N2CC3CCN(C(=O)C4=CCc5n[nH]nc5C4)CC3C2)cc(C(F)(F)F)c1. The van der Waals surface area contributed by atoms with Gasteiger partial charge in [-0.2, -0.15) is 28.6 Å². The average molecular weight is 554 g/mol. The Hall–Kier alpha value is -3.42. The summed E-state index contributed by atoms with van der Waals surface area (Å²) in [6, 6.07) is 2.41. The lowest BCUT2D eigenvalue weighted by atomic mass is 9.88. The molecule has 1 aromatic heterocycles. The van der Waals surface area contributed by atoms with Crippen LogP contribution >= 0.6 is 0 Å². The van der Waals surface area contributed by atoms with Crippen LogP contribution in [0.4, 0.5) is 18.0 Å². The first-order valence-corrected chi connectivity index (χ1v) is 14.0.